The van der Waals surface area contributed by atoms with Crippen LogP contribution in [-0.2, 0) is 4.74 Å². The van der Waals surface area contributed by atoms with Gasteiger partial charge in [-0.2, -0.15) is 0 Å². The number of guanidine groups is 1. The van der Waals surface area contributed by atoms with E-state index in [1.165, 1.54) is 56.7 Å². The van der Waals surface area contributed by atoms with Gasteiger partial charge in [0.2, 0.25) is 0 Å². The summed E-state index contributed by atoms with van der Waals surface area (Å²) >= 11 is 1.87. The molecule has 8 heteroatoms. The fourth-order valence-corrected chi connectivity index (χ4v) is 5.45. The Kier molecular flexibility index (Phi) is 13.5. The number of nitrogens with one attached hydrogen (secondary N) is 2. The van der Waals surface area contributed by atoms with E-state index in [1.807, 2.05) is 11.3 Å². The van der Waals surface area contributed by atoms with E-state index in [0.717, 1.165) is 50.6 Å². The van der Waals surface area contributed by atoms with E-state index >= 15 is 0 Å². The molecule has 2 saturated heterocycles. The van der Waals surface area contributed by atoms with Crippen LogP contribution in [0.1, 0.15) is 50.4 Å². The molecule has 1 unspecified atom stereocenters. The molecule has 3 rings (SSSR count). The molecule has 3 heterocycles. The molecule has 0 saturated carbocycles. The van der Waals surface area contributed by atoms with Gasteiger partial charge in [-0.15, -0.1) is 35.3 Å². The van der Waals surface area contributed by atoms with Crippen LogP contribution in [0.3, 0.4) is 0 Å². The zero-order valence-electron chi connectivity index (χ0n) is 20.2. The Morgan fingerprint density at radius 3 is 2.56 bits per heavy atom. The molecule has 2 N–H and O–H groups in total. The zero-order valence-corrected chi connectivity index (χ0v) is 23.4. The maximum absolute atomic E-state index is 5.22. The number of nitrogens with zero attached hydrogens (tertiary/aromatic N) is 3. The average Bonchev–Trinajstić information content (AvgIpc) is 3.32. The topological polar surface area (TPSA) is 52.1 Å². The lowest BCUT2D eigenvalue weighted by Gasteiger charge is -2.35. The summed E-state index contributed by atoms with van der Waals surface area (Å²) in [5, 5.41) is 9.30. The first-order valence-corrected chi connectivity index (χ1v) is 13.1. The summed E-state index contributed by atoms with van der Waals surface area (Å²) in [5.41, 5.74) is 0. The number of hydrogen-bond donors (Lipinski definition) is 2. The molecule has 0 bridgehead atoms. The highest BCUT2D eigenvalue weighted by atomic mass is 127. The average molecular weight is 578 g/mol. The monoisotopic (exact) mass is 577 g/mol. The summed E-state index contributed by atoms with van der Waals surface area (Å²) in [4.78, 5) is 11.6. The second kappa shape index (κ2) is 15.5. The molecule has 1 aromatic heterocycles. The van der Waals surface area contributed by atoms with Gasteiger partial charge in [0.15, 0.2) is 5.96 Å². The SMILES string of the molecule is CCNC(=NCC(c1cccs1)N1CCC(C)CC1)NCC1CCN(CCOC)CC1.I. The van der Waals surface area contributed by atoms with Crippen LogP contribution in [0.25, 0.3) is 0 Å². The summed E-state index contributed by atoms with van der Waals surface area (Å²) in [6, 6.07) is 4.85. The van der Waals surface area contributed by atoms with Crippen molar-refractivity contribution in [2.75, 3.05) is 66.1 Å². The molecular formula is C24H44IN5OS. The standard InChI is InChI=1S/C24H43N5OS.HI/c1-4-25-24(26-18-21-9-11-28(12-10-21)15-16-30-3)27-19-22(23-6-5-17-31-23)29-13-7-20(2)8-14-29;/h5-6,17,20-22H,4,7-16,18-19H2,1-3H3,(H2,25,26,27);1H. The first-order chi connectivity index (χ1) is 15.2. The van der Waals surface area contributed by atoms with Crippen LogP contribution >= 0.6 is 35.3 Å². The third kappa shape index (κ3) is 9.08. The van der Waals surface area contributed by atoms with E-state index in [2.05, 4.69) is 51.8 Å². The van der Waals surface area contributed by atoms with Crippen molar-refractivity contribution in [2.45, 2.75) is 45.6 Å². The van der Waals surface area contributed by atoms with Crippen LogP contribution in [0.15, 0.2) is 22.5 Å². The van der Waals surface area contributed by atoms with Gasteiger partial charge in [0.25, 0.3) is 0 Å². The minimum absolute atomic E-state index is 0. The van der Waals surface area contributed by atoms with Gasteiger partial charge in [0.05, 0.1) is 19.2 Å². The maximum atomic E-state index is 5.22. The lowest BCUT2D eigenvalue weighted by Crippen LogP contribution is -2.44. The Balaban J connectivity index is 0.00000363. The van der Waals surface area contributed by atoms with Crippen molar-refractivity contribution < 1.29 is 4.74 Å². The van der Waals surface area contributed by atoms with Crippen molar-refractivity contribution in [1.29, 1.82) is 0 Å². The van der Waals surface area contributed by atoms with Crippen molar-refractivity contribution >= 4 is 41.3 Å². The van der Waals surface area contributed by atoms with E-state index in [-0.39, 0.29) is 24.0 Å². The highest BCUT2D eigenvalue weighted by molar-refractivity contribution is 14.0. The lowest BCUT2D eigenvalue weighted by atomic mass is 9.97. The molecular weight excluding hydrogens is 533 g/mol. The minimum Gasteiger partial charge on any atom is -0.383 e. The van der Waals surface area contributed by atoms with Crippen LogP contribution in [0.5, 0.6) is 0 Å². The highest BCUT2D eigenvalue weighted by Gasteiger charge is 2.25. The molecule has 0 spiro atoms. The molecule has 0 aromatic carbocycles. The number of thiophene rings is 1. The van der Waals surface area contributed by atoms with Gasteiger partial charge in [0.1, 0.15) is 0 Å². The molecule has 2 aliphatic rings. The summed E-state index contributed by atoms with van der Waals surface area (Å²) in [5.74, 6) is 2.54. The molecule has 1 aromatic rings. The highest BCUT2D eigenvalue weighted by Crippen LogP contribution is 2.29. The van der Waals surface area contributed by atoms with E-state index < -0.39 is 0 Å². The number of aliphatic imine (C=N–C) groups is 1. The van der Waals surface area contributed by atoms with Gasteiger partial charge >= 0.3 is 0 Å². The van der Waals surface area contributed by atoms with Crippen LogP contribution in [-0.4, -0.2) is 81.8 Å². The van der Waals surface area contributed by atoms with Crippen molar-refractivity contribution in [3.8, 4) is 0 Å². The molecule has 184 valence electrons. The van der Waals surface area contributed by atoms with Crippen molar-refractivity contribution in [1.82, 2.24) is 20.4 Å². The third-order valence-corrected chi connectivity index (χ3v) is 7.75. The van der Waals surface area contributed by atoms with Crippen molar-refractivity contribution in [3.63, 3.8) is 0 Å². The Bertz CT molecular complexity index is 628. The van der Waals surface area contributed by atoms with Gasteiger partial charge in [-0.1, -0.05) is 13.0 Å². The van der Waals surface area contributed by atoms with Crippen LogP contribution in [0.4, 0.5) is 0 Å². The van der Waals surface area contributed by atoms with Crippen LogP contribution < -0.4 is 10.6 Å². The normalized spacial score (nSPS) is 20.7. The van der Waals surface area contributed by atoms with Crippen molar-refractivity contribution in [2.24, 2.45) is 16.8 Å². The molecule has 0 radical (unpaired) electrons. The van der Waals surface area contributed by atoms with Crippen LogP contribution in [0, 0.1) is 11.8 Å². The fraction of sp³-hybridized carbons (Fsp3) is 0.792. The quantitative estimate of drug-likeness (QED) is 0.250. The predicted molar refractivity (Wildman–Crippen MR) is 147 cm³/mol. The number of piperidine rings is 2. The van der Waals surface area contributed by atoms with E-state index in [4.69, 9.17) is 9.73 Å². The smallest absolute Gasteiger partial charge is 0.191 e. The summed E-state index contributed by atoms with van der Waals surface area (Å²) in [6.45, 7) is 13.9. The first kappa shape index (κ1) is 27.8. The largest absolute Gasteiger partial charge is 0.383 e. The second-order valence-corrected chi connectivity index (χ2v) is 10.1. The molecule has 1 atom stereocenters. The van der Waals surface area contributed by atoms with Crippen molar-refractivity contribution in [3.05, 3.63) is 22.4 Å². The molecule has 6 nitrogen and oxygen atoms in total. The van der Waals surface area contributed by atoms with Crippen LogP contribution in [0.2, 0.25) is 0 Å². The Labute approximate surface area is 216 Å². The van der Waals surface area contributed by atoms with Gasteiger partial charge in [-0.05, 0) is 82.1 Å². The van der Waals surface area contributed by atoms with Gasteiger partial charge in [-0.3, -0.25) is 9.89 Å². The molecule has 0 aliphatic carbocycles. The molecule has 2 fully saturated rings. The Hall–Kier alpha value is -0.420. The summed E-state index contributed by atoms with van der Waals surface area (Å²) < 4.78 is 5.22. The number of likely N-dealkylation sites (tertiary alicyclic amines) is 2. The summed E-state index contributed by atoms with van der Waals surface area (Å²) in [7, 11) is 1.78. The Morgan fingerprint density at radius 1 is 1.19 bits per heavy atom. The van der Waals surface area contributed by atoms with E-state index in [1.54, 1.807) is 7.11 Å². The molecule has 32 heavy (non-hydrogen) atoms. The van der Waals surface area contributed by atoms with E-state index in [0.29, 0.717) is 6.04 Å². The number of hydrogen-bond acceptors (Lipinski definition) is 5. The molecule has 0 amide bonds. The minimum atomic E-state index is 0. The number of methoxy groups -OCH3 is 1. The maximum Gasteiger partial charge on any atom is 0.191 e. The number of halogens is 1. The third-order valence-electron chi connectivity index (χ3n) is 6.77. The molecule has 2 aliphatic heterocycles. The second-order valence-electron chi connectivity index (χ2n) is 9.13. The van der Waals surface area contributed by atoms with Gasteiger partial charge in [0, 0.05) is 31.6 Å². The van der Waals surface area contributed by atoms with Gasteiger partial charge < -0.3 is 20.3 Å². The zero-order chi connectivity index (χ0) is 21.9. The summed E-state index contributed by atoms with van der Waals surface area (Å²) in [6.07, 6.45) is 5.10. The lowest BCUT2D eigenvalue weighted by molar-refractivity contribution is 0.120. The number of rotatable bonds is 10. The van der Waals surface area contributed by atoms with Gasteiger partial charge in [-0.25, -0.2) is 0 Å². The Morgan fingerprint density at radius 2 is 1.94 bits per heavy atom. The number of ether oxygens (including phenoxy) is 1. The predicted octanol–water partition coefficient (Wildman–Crippen LogP) is 4.05. The first-order valence-electron chi connectivity index (χ1n) is 12.2. The van der Waals surface area contributed by atoms with E-state index in [9.17, 15) is 0 Å². The fourth-order valence-electron chi connectivity index (χ4n) is 4.60.